The third-order valence-corrected chi connectivity index (χ3v) is 2.02. The van der Waals surface area contributed by atoms with Crippen molar-refractivity contribution in [1.29, 1.82) is 0 Å². The summed E-state index contributed by atoms with van der Waals surface area (Å²) in [6, 6.07) is 0.578. The van der Waals surface area contributed by atoms with E-state index in [1.54, 1.807) is 0 Å². The highest BCUT2D eigenvalue weighted by molar-refractivity contribution is 5.67. The number of carboxylic acids is 1. The van der Waals surface area contributed by atoms with Gasteiger partial charge in [0, 0.05) is 18.1 Å². The molecule has 0 spiro atoms. The SMILES string of the molecule is COc1cc(F)c(F)c(CCC(=O)O)c1F. The minimum Gasteiger partial charge on any atom is -0.494 e. The molecule has 1 aromatic rings. The van der Waals surface area contributed by atoms with Crippen LogP contribution >= 0.6 is 0 Å². The molecule has 88 valence electrons. The van der Waals surface area contributed by atoms with E-state index in [0.29, 0.717) is 6.07 Å². The Bertz CT molecular complexity index is 418. The number of hydrogen-bond donors (Lipinski definition) is 1. The smallest absolute Gasteiger partial charge is 0.303 e. The van der Waals surface area contributed by atoms with Crippen LogP contribution in [0.15, 0.2) is 6.07 Å². The molecule has 3 nitrogen and oxygen atoms in total. The standard InChI is InChI=1S/C10H9F3O3/c1-16-7-4-6(11)9(12)5(10(7)13)2-3-8(14)15/h4H,2-3H2,1H3,(H,14,15). The van der Waals surface area contributed by atoms with Crippen LogP contribution in [-0.2, 0) is 11.2 Å². The van der Waals surface area contributed by atoms with E-state index in [4.69, 9.17) is 5.11 Å². The summed E-state index contributed by atoms with van der Waals surface area (Å²) in [5.41, 5.74) is -0.612. The molecule has 0 fully saturated rings. The van der Waals surface area contributed by atoms with E-state index < -0.39 is 47.6 Å². The maximum absolute atomic E-state index is 13.4. The topological polar surface area (TPSA) is 46.5 Å². The molecule has 1 N–H and O–H groups in total. The van der Waals surface area contributed by atoms with Crippen LogP contribution in [0.25, 0.3) is 0 Å². The maximum Gasteiger partial charge on any atom is 0.303 e. The van der Waals surface area contributed by atoms with Gasteiger partial charge in [0.25, 0.3) is 0 Å². The van der Waals surface area contributed by atoms with Crippen molar-refractivity contribution < 1.29 is 27.8 Å². The zero-order valence-electron chi connectivity index (χ0n) is 8.39. The van der Waals surface area contributed by atoms with Crippen LogP contribution in [-0.4, -0.2) is 18.2 Å². The fraction of sp³-hybridized carbons (Fsp3) is 0.300. The van der Waals surface area contributed by atoms with E-state index in [9.17, 15) is 18.0 Å². The van der Waals surface area contributed by atoms with Gasteiger partial charge in [-0.2, -0.15) is 0 Å². The Morgan fingerprint density at radius 3 is 2.50 bits per heavy atom. The lowest BCUT2D eigenvalue weighted by molar-refractivity contribution is -0.136. The van der Waals surface area contributed by atoms with Gasteiger partial charge in [0.1, 0.15) is 0 Å². The van der Waals surface area contributed by atoms with Gasteiger partial charge in [-0.05, 0) is 6.42 Å². The van der Waals surface area contributed by atoms with Crippen molar-refractivity contribution in [3.63, 3.8) is 0 Å². The molecule has 0 atom stereocenters. The summed E-state index contributed by atoms with van der Waals surface area (Å²) < 4.78 is 44.1. The largest absolute Gasteiger partial charge is 0.494 e. The lowest BCUT2D eigenvalue weighted by atomic mass is 10.1. The zero-order chi connectivity index (χ0) is 12.3. The summed E-state index contributed by atoms with van der Waals surface area (Å²) in [5, 5.41) is 8.38. The van der Waals surface area contributed by atoms with Crippen LogP contribution < -0.4 is 4.74 Å². The first-order valence-corrected chi connectivity index (χ1v) is 4.39. The molecule has 0 aliphatic rings. The molecule has 0 bridgehead atoms. The molecule has 0 aliphatic carbocycles. The Kier molecular flexibility index (Phi) is 3.76. The maximum atomic E-state index is 13.4. The third kappa shape index (κ3) is 2.44. The van der Waals surface area contributed by atoms with Gasteiger partial charge in [-0.1, -0.05) is 0 Å². The Balaban J connectivity index is 3.14. The van der Waals surface area contributed by atoms with Crippen molar-refractivity contribution in [3.05, 3.63) is 29.1 Å². The van der Waals surface area contributed by atoms with Crippen LogP contribution in [0.5, 0.6) is 5.75 Å². The normalized spacial score (nSPS) is 10.2. The first kappa shape index (κ1) is 12.4. The minimum atomic E-state index is -1.38. The molecular weight excluding hydrogens is 225 g/mol. The van der Waals surface area contributed by atoms with Gasteiger partial charge in [0.05, 0.1) is 7.11 Å². The highest BCUT2D eigenvalue weighted by atomic mass is 19.2. The lowest BCUT2D eigenvalue weighted by Gasteiger charge is -2.08. The van der Waals surface area contributed by atoms with E-state index in [1.165, 1.54) is 0 Å². The van der Waals surface area contributed by atoms with Crippen molar-refractivity contribution >= 4 is 5.97 Å². The predicted octanol–water partition coefficient (Wildman–Crippen LogP) is 2.13. The average Bonchev–Trinajstić information content (AvgIpc) is 2.23. The third-order valence-electron chi connectivity index (χ3n) is 2.02. The van der Waals surface area contributed by atoms with Crippen molar-refractivity contribution in [1.82, 2.24) is 0 Å². The van der Waals surface area contributed by atoms with Gasteiger partial charge in [0.15, 0.2) is 23.2 Å². The van der Waals surface area contributed by atoms with Crippen molar-refractivity contribution in [2.24, 2.45) is 0 Å². The number of halogens is 3. The monoisotopic (exact) mass is 234 g/mol. The molecule has 6 heteroatoms. The first-order chi connectivity index (χ1) is 7.47. The summed E-state index contributed by atoms with van der Waals surface area (Å²) in [6.07, 6.45) is -0.915. The highest BCUT2D eigenvalue weighted by Crippen LogP contribution is 2.26. The highest BCUT2D eigenvalue weighted by Gasteiger charge is 2.19. The van der Waals surface area contributed by atoms with Crippen LogP contribution in [0.3, 0.4) is 0 Å². The van der Waals surface area contributed by atoms with Crippen molar-refractivity contribution in [3.8, 4) is 5.75 Å². The van der Waals surface area contributed by atoms with E-state index in [0.717, 1.165) is 7.11 Å². The van der Waals surface area contributed by atoms with Crippen LogP contribution in [0.4, 0.5) is 13.2 Å². The quantitative estimate of drug-likeness (QED) is 0.812. The Labute approximate surface area is 89.5 Å². The van der Waals surface area contributed by atoms with E-state index in [1.807, 2.05) is 0 Å². The van der Waals surface area contributed by atoms with E-state index in [-0.39, 0.29) is 0 Å². The van der Waals surface area contributed by atoms with Gasteiger partial charge in [0.2, 0.25) is 0 Å². The number of rotatable bonds is 4. The van der Waals surface area contributed by atoms with Crippen molar-refractivity contribution in [2.45, 2.75) is 12.8 Å². The predicted molar refractivity (Wildman–Crippen MR) is 48.8 cm³/mol. The fourth-order valence-corrected chi connectivity index (χ4v) is 1.23. The molecule has 16 heavy (non-hydrogen) atoms. The molecule has 0 saturated heterocycles. The molecule has 0 radical (unpaired) electrons. The van der Waals surface area contributed by atoms with Gasteiger partial charge in [-0.3, -0.25) is 4.79 Å². The summed E-state index contributed by atoms with van der Waals surface area (Å²) >= 11 is 0. The van der Waals surface area contributed by atoms with Gasteiger partial charge < -0.3 is 9.84 Å². The molecule has 0 saturated carbocycles. The summed E-state index contributed by atoms with van der Waals surface area (Å²) in [6.45, 7) is 0. The molecule has 0 heterocycles. The molecule has 0 aromatic heterocycles. The van der Waals surface area contributed by atoms with Gasteiger partial charge in [-0.25, -0.2) is 13.2 Å². The number of aliphatic carboxylic acids is 1. The molecule has 1 aromatic carbocycles. The average molecular weight is 234 g/mol. The van der Waals surface area contributed by atoms with Gasteiger partial charge >= 0.3 is 5.97 Å². The minimum absolute atomic E-state index is 0.429. The number of carboxylic acid groups (broad SMARTS) is 1. The Hall–Kier alpha value is -1.72. The lowest BCUT2D eigenvalue weighted by Crippen LogP contribution is -2.05. The Morgan fingerprint density at radius 2 is 2.00 bits per heavy atom. The second-order valence-corrected chi connectivity index (χ2v) is 3.06. The number of hydrogen-bond acceptors (Lipinski definition) is 2. The van der Waals surface area contributed by atoms with Crippen molar-refractivity contribution in [2.75, 3.05) is 7.11 Å². The first-order valence-electron chi connectivity index (χ1n) is 4.39. The number of benzene rings is 1. The van der Waals surface area contributed by atoms with E-state index >= 15 is 0 Å². The second kappa shape index (κ2) is 4.87. The summed E-state index contributed by atoms with van der Waals surface area (Å²) in [7, 11) is 1.11. The molecule has 1 rings (SSSR count). The molecule has 0 amide bonds. The van der Waals surface area contributed by atoms with Crippen LogP contribution in [0.1, 0.15) is 12.0 Å². The molecular formula is C10H9F3O3. The zero-order valence-corrected chi connectivity index (χ0v) is 8.39. The second-order valence-electron chi connectivity index (χ2n) is 3.06. The number of ether oxygens (including phenoxy) is 1. The van der Waals surface area contributed by atoms with Gasteiger partial charge in [-0.15, -0.1) is 0 Å². The number of carbonyl (C=O) groups is 1. The molecule has 0 aliphatic heterocycles. The fourth-order valence-electron chi connectivity index (χ4n) is 1.23. The summed E-state index contributed by atoms with van der Waals surface area (Å²) in [5.74, 6) is -5.37. The number of methoxy groups -OCH3 is 1. The van der Waals surface area contributed by atoms with Crippen LogP contribution in [0, 0.1) is 17.5 Å². The Morgan fingerprint density at radius 1 is 1.38 bits per heavy atom. The molecule has 0 unspecified atom stereocenters. The van der Waals surface area contributed by atoms with E-state index in [2.05, 4.69) is 4.74 Å². The van der Waals surface area contributed by atoms with Crippen LogP contribution in [0.2, 0.25) is 0 Å². The summed E-state index contributed by atoms with van der Waals surface area (Å²) in [4.78, 5) is 10.3.